The molecular formula is C17H25NO2. The Hall–Kier alpha value is -1.16. The highest BCUT2D eigenvalue weighted by atomic mass is 16.5. The normalized spacial score (nSPS) is 22.3. The van der Waals surface area contributed by atoms with Crippen molar-refractivity contribution in [1.29, 1.82) is 0 Å². The van der Waals surface area contributed by atoms with Gasteiger partial charge in [0.25, 0.3) is 0 Å². The Balaban J connectivity index is 1.84. The lowest BCUT2D eigenvalue weighted by molar-refractivity contribution is -0.0800. The van der Waals surface area contributed by atoms with Crippen LogP contribution in [-0.4, -0.2) is 43.9 Å². The molecule has 1 aliphatic rings. The van der Waals surface area contributed by atoms with Crippen molar-refractivity contribution in [3.05, 3.63) is 48.6 Å². The van der Waals surface area contributed by atoms with E-state index < -0.39 is 0 Å². The van der Waals surface area contributed by atoms with Crippen LogP contribution in [0, 0.1) is 0 Å². The van der Waals surface area contributed by atoms with E-state index in [1.807, 2.05) is 24.3 Å². The van der Waals surface area contributed by atoms with Crippen molar-refractivity contribution in [3.8, 4) is 0 Å². The van der Waals surface area contributed by atoms with E-state index in [-0.39, 0.29) is 5.60 Å². The molecule has 110 valence electrons. The average Bonchev–Trinajstić information content (AvgIpc) is 2.89. The smallest absolute Gasteiger partial charge is 0.104 e. The maximum Gasteiger partial charge on any atom is 0.104 e. The molecule has 0 radical (unpaired) electrons. The monoisotopic (exact) mass is 275 g/mol. The summed E-state index contributed by atoms with van der Waals surface area (Å²) < 4.78 is 11.9. The molecule has 0 N–H and O–H groups in total. The van der Waals surface area contributed by atoms with E-state index >= 15 is 0 Å². The third kappa shape index (κ3) is 4.44. The van der Waals surface area contributed by atoms with E-state index in [2.05, 4.69) is 30.7 Å². The standard InChI is InChI=1S/C17H25NO2/c1-3-11-18(2)14-17(10-7-12-20-17)15-19-13-16-8-5-4-6-9-16/h3-6,8-9H,1,7,10-15H2,2H3/t17-/m1/s1. The number of likely N-dealkylation sites (N-methyl/N-ethyl adjacent to an activating group) is 1. The van der Waals surface area contributed by atoms with Gasteiger partial charge in [0.05, 0.1) is 13.2 Å². The van der Waals surface area contributed by atoms with Gasteiger partial charge in [-0.3, -0.25) is 4.90 Å². The van der Waals surface area contributed by atoms with Gasteiger partial charge in [0, 0.05) is 19.7 Å². The molecule has 20 heavy (non-hydrogen) atoms. The van der Waals surface area contributed by atoms with Gasteiger partial charge in [0.1, 0.15) is 5.60 Å². The Morgan fingerprint density at radius 3 is 2.85 bits per heavy atom. The van der Waals surface area contributed by atoms with Crippen LogP contribution in [0.2, 0.25) is 0 Å². The molecule has 1 heterocycles. The van der Waals surface area contributed by atoms with Crippen LogP contribution in [0.1, 0.15) is 18.4 Å². The van der Waals surface area contributed by atoms with Crippen molar-refractivity contribution in [2.45, 2.75) is 25.0 Å². The number of hydrogen-bond donors (Lipinski definition) is 0. The highest BCUT2D eigenvalue weighted by Crippen LogP contribution is 2.27. The van der Waals surface area contributed by atoms with Crippen LogP contribution in [0.3, 0.4) is 0 Å². The Morgan fingerprint density at radius 1 is 1.40 bits per heavy atom. The van der Waals surface area contributed by atoms with Gasteiger partial charge in [-0.2, -0.15) is 0 Å². The fourth-order valence-electron chi connectivity index (χ4n) is 2.75. The Morgan fingerprint density at radius 2 is 2.20 bits per heavy atom. The molecule has 1 saturated heterocycles. The van der Waals surface area contributed by atoms with E-state index in [1.54, 1.807) is 0 Å². The highest BCUT2D eigenvalue weighted by Gasteiger charge is 2.36. The van der Waals surface area contributed by atoms with E-state index in [9.17, 15) is 0 Å². The second-order valence-electron chi connectivity index (χ2n) is 5.60. The number of nitrogens with zero attached hydrogens (tertiary/aromatic N) is 1. The van der Waals surface area contributed by atoms with Crippen LogP contribution < -0.4 is 0 Å². The van der Waals surface area contributed by atoms with Gasteiger partial charge >= 0.3 is 0 Å². The summed E-state index contributed by atoms with van der Waals surface area (Å²) in [5.74, 6) is 0. The predicted molar refractivity (Wildman–Crippen MR) is 81.7 cm³/mol. The third-order valence-electron chi connectivity index (χ3n) is 3.66. The van der Waals surface area contributed by atoms with Crippen molar-refractivity contribution in [1.82, 2.24) is 4.90 Å². The molecule has 1 atom stereocenters. The molecule has 2 rings (SSSR count). The summed E-state index contributed by atoms with van der Waals surface area (Å²) in [6.45, 7) is 7.71. The number of hydrogen-bond acceptors (Lipinski definition) is 3. The first-order valence-corrected chi connectivity index (χ1v) is 7.29. The van der Waals surface area contributed by atoms with Crippen molar-refractivity contribution in [2.24, 2.45) is 0 Å². The minimum Gasteiger partial charge on any atom is -0.374 e. The molecule has 1 fully saturated rings. The molecule has 0 amide bonds. The molecule has 3 nitrogen and oxygen atoms in total. The maximum absolute atomic E-state index is 5.99. The second kappa shape index (κ2) is 7.58. The SMILES string of the molecule is C=CCN(C)C[C@@]1(COCc2ccccc2)CCCO1. The molecule has 0 spiro atoms. The summed E-state index contributed by atoms with van der Waals surface area (Å²) in [5, 5.41) is 0. The van der Waals surface area contributed by atoms with Gasteiger partial charge in [0.2, 0.25) is 0 Å². The van der Waals surface area contributed by atoms with Gasteiger partial charge in [0.15, 0.2) is 0 Å². The van der Waals surface area contributed by atoms with Crippen LogP contribution in [0.15, 0.2) is 43.0 Å². The summed E-state index contributed by atoms with van der Waals surface area (Å²) in [6.07, 6.45) is 4.12. The zero-order valence-corrected chi connectivity index (χ0v) is 12.4. The zero-order chi connectivity index (χ0) is 14.3. The Labute approximate surface area is 122 Å². The molecule has 0 bridgehead atoms. The van der Waals surface area contributed by atoms with Crippen molar-refractivity contribution in [2.75, 3.05) is 33.4 Å². The van der Waals surface area contributed by atoms with Gasteiger partial charge in [-0.05, 0) is 25.5 Å². The lowest BCUT2D eigenvalue weighted by Gasteiger charge is -2.32. The van der Waals surface area contributed by atoms with E-state index in [4.69, 9.17) is 9.47 Å². The summed E-state index contributed by atoms with van der Waals surface area (Å²) >= 11 is 0. The predicted octanol–water partition coefficient (Wildman–Crippen LogP) is 2.87. The molecule has 0 aromatic heterocycles. The van der Waals surface area contributed by atoms with E-state index in [0.29, 0.717) is 13.2 Å². The van der Waals surface area contributed by atoms with Crippen LogP contribution in [0.4, 0.5) is 0 Å². The fraction of sp³-hybridized carbons (Fsp3) is 0.529. The lowest BCUT2D eigenvalue weighted by Crippen LogP contribution is -2.44. The number of benzene rings is 1. The van der Waals surface area contributed by atoms with Gasteiger partial charge in [-0.15, -0.1) is 6.58 Å². The molecule has 1 aliphatic heterocycles. The lowest BCUT2D eigenvalue weighted by atomic mass is 10.0. The molecule has 3 heteroatoms. The van der Waals surface area contributed by atoms with Crippen molar-refractivity contribution < 1.29 is 9.47 Å². The van der Waals surface area contributed by atoms with Gasteiger partial charge < -0.3 is 9.47 Å². The quantitative estimate of drug-likeness (QED) is 0.681. The van der Waals surface area contributed by atoms with E-state index in [1.165, 1.54) is 5.56 Å². The molecule has 1 aromatic rings. The first-order valence-electron chi connectivity index (χ1n) is 7.29. The Kier molecular flexibility index (Phi) is 5.77. The molecule has 0 aliphatic carbocycles. The highest BCUT2D eigenvalue weighted by molar-refractivity contribution is 5.13. The second-order valence-corrected chi connectivity index (χ2v) is 5.60. The third-order valence-corrected chi connectivity index (χ3v) is 3.66. The maximum atomic E-state index is 5.99. The van der Waals surface area contributed by atoms with Crippen molar-refractivity contribution >= 4 is 0 Å². The summed E-state index contributed by atoms with van der Waals surface area (Å²) in [5.41, 5.74) is 1.06. The first-order chi connectivity index (χ1) is 9.74. The summed E-state index contributed by atoms with van der Waals surface area (Å²) in [4.78, 5) is 2.24. The number of rotatable bonds is 8. The summed E-state index contributed by atoms with van der Waals surface area (Å²) in [6, 6.07) is 10.3. The molecule has 1 aromatic carbocycles. The van der Waals surface area contributed by atoms with Crippen LogP contribution in [-0.2, 0) is 16.1 Å². The summed E-state index contributed by atoms with van der Waals surface area (Å²) in [7, 11) is 2.10. The van der Waals surface area contributed by atoms with Gasteiger partial charge in [-0.25, -0.2) is 0 Å². The number of ether oxygens (including phenoxy) is 2. The van der Waals surface area contributed by atoms with E-state index in [0.717, 1.165) is 32.5 Å². The average molecular weight is 275 g/mol. The zero-order valence-electron chi connectivity index (χ0n) is 12.4. The molecular weight excluding hydrogens is 250 g/mol. The largest absolute Gasteiger partial charge is 0.374 e. The minimum atomic E-state index is -0.146. The van der Waals surface area contributed by atoms with Crippen molar-refractivity contribution in [3.63, 3.8) is 0 Å². The first kappa shape index (κ1) is 15.2. The topological polar surface area (TPSA) is 21.7 Å². The van der Waals surface area contributed by atoms with Crippen LogP contribution in [0.5, 0.6) is 0 Å². The van der Waals surface area contributed by atoms with Gasteiger partial charge in [-0.1, -0.05) is 36.4 Å². The van der Waals surface area contributed by atoms with Crippen LogP contribution >= 0.6 is 0 Å². The Bertz CT molecular complexity index is 399. The molecule has 0 unspecified atom stereocenters. The minimum absolute atomic E-state index is 0.146. The molecule has 0 saturated carbocycles. The fourth-order valence-corrected chi connectivity index (χ4v) is 2.75. The van der Waals surface area contributed by atoms with Crippen LogP contribution in [0.25, 0.3) is 0 Å².